The third kappa shape index (κ3) is 4.35. The second-order valence-corrected chi connectivity index (χ2v) is 6.41. The van der Waals surface area contributed by atoms with Crippen molar-refractivity contribution in [3.05, 3.63) is 70.6 Å². The number of ether oxygens (including phenoxy) is 1. The number of anilines is 3. The molecule has 27 heavy (non-hydrogen) atoms. The SMILES string of the molecule is COc1ccc(Cl)cc1NC(=O)c1cnc(Nc2c(C)cccc2C)cn1. The van der Waals surface area contributed by atoms with E-state index in [9.17, 15) is 4.79 Å². The van der Waals surface area contributed by atoms with Crippen LogP contribution in [0.25, 0.3) is 0 Å². The Morgan fingerprint density at radius 3 is 2.44 bits per heavy atom. The fourth-order valence-electron chi connectivity index (χ4n) is 2.61. The van der Waals surface area contributed by atoms with Crippen LogP contribution in [-0.4, -0.2) is 23.0 Å². The normalized spacial score (nSPS) is 10.4. The van der Waals surface area contributed by atoms with Gasteiger partial charge in [0.15, 0.2) is 0 Å². The number of nitrogens with zero attached hydrogens (tertiary/aromatic N) is 2. The number of amides is 1. The van der Waals surface area contributed by atoms with E-state index >= 15 is 0 Å². The molecule has 3 rings (SSSR count). The van der Waals surface area contributed by atoms with Crippen molar-refractivity contribution in [2.75, 3.05) is 17.7 Å². The van der Waals surface area contributed by atoms with Gasteiger partial charge in [0, 0.05) is 10.7 Å². The summed E-state index contributed by atoms with van der Waals surface area (Å²) in [4.78, 5) is 20.9. The highest BCUT2D eigenvalue weighted by molar-refractivity contribution is 6.31. The van der Waals surface area contributed by atoms with Gasteiger partial charge in [-0.3, -0.25) is 4.79 Å². The minimum Gasteiger partial charge on any atom is -0.495 e. The van der Waals surface area contributed by atoms with E-state index in [4.69, 9.17) is 16.3 Å². The maximum Gasteiger partial charge on any atom is 0.275 e. The molecule has 138 valence electrons. The van der Waals surface area contributed by atoms with Crippen LogP contribution >= 0.6 is 11.6 Å². The van der Waals surface area contributed by atoms with Crippen LogP contribution in [0.3, 0.4) is 0 Å². The first-order valence-electron chi connectivity index (χ1n) is 8.28. The number of methoxy groups -OCH3 is 1. The molecule has 3 aromatic rings. The lowest BCUT2D eigenvalue weighted by Crippen LogP contribution is -2.15. The third-order valence-electron chi connectivity index (χ3n) is 4.03. The van der Waals surface area contributed by atoms with Crippen molar-refractivity contribution >= 4 is 34.7 Å². The molecule has 0 saturated carbocycles. The molecule has 0 unspecified atom stereocenters. The summed E-state index contributed by atoms with van der Waals surface area (Å²) >= 11 is 5.98. The number of rotatable bonds is 5. The average Bonchev–Trinajstić information content (AvgIpc) is 2.65. The van der Waals surface area contributed by atoms with E-state index < -0.39 is 5.91 Å². The molecule has 0 aliphatic heterocycles. The zero-order valence-electron chi connectivity index (χ0n) is 15.2. The number of aromatic nitrogens is 2. The first-order valence-corrected chi connectivity index (χ1v) is 8.66. The smallest absolute Gasteiger partial charge is 0.275 e. The zero-order valence-corrected chi connectivity index (χ0v) is 16.0. The molecule has 0 bridgehead atoms. The molecule has 6 nitrogen and oxygen atoms in total. The maximum absolute atomic E-state index is 12.4. The van der Waals surface area contributed by atoms with Crippen LogP contribution in [0.1, 0.15) is 21.6 Å². The predicted octanol–water partition coefficient (Wildman–Crippen LogP) is 4.75. The largest absolute Gasteiger partial charge is 0.495 e. The summed E-state index contributed by atoms with van der Waals surface area (Å²) < 4.78 is 5.23. The number of hydrogen-bond donors (Lipinski definition) is 2. The summed E-state index contributed by atoms with van der Waals surface area (Å²) in [5.41, 5.74) is 3.84. The number of carbonyl (C=O) groups is 1. The zero-order chi connectivity index (χ0) is 19.4. The van der Waals surface area contributed by atoms with Crippen molar-refractivity contribution in [1.29, 1.82) is 0 Å². The number of benzene rings is 2. The quantitative estimate of drug-likeness (QED) is 0.665. The Bertz CT molecular complexity index is 954. The molecule has 1 amide bonds. The fraction of sp³-hybridized carbons (Fsp3) is 0.150. The lowest BCUT2D eigenvalue weighted by molar-refractivity contribution is 0.102. The van der Waals surface area contributed by atoms with Crippen LogP contribution in [0.15, 0.2) is 48.8 Å². The average molecular weight is 383 g/mol. The highest BCUT2D eigenvalue weighted by atomic mass is 35.5. The highest BCUT2D eigenvalue weighted by Gasteiger charge is 2.12. The van der Waals surface area contributed by atoms with Crippen molar-refractivity contribution in [3.8, 4) is 5.75 Å². The van der Waals surface area contributed by atoms with E-state index in [-0.39, 0.29) is 5.69 Å². The van der Waals surface area contributed by atoms with Gasteiger partial charge in [0.25, 0.3) is 5.91 Å². The standard InChI is InChI=1S/C20H19ClN4O2/c1-12-5-4-6-13(2)19(12)25-18-11-22-16(10-23-18)20(26)24-15-9-14(21)7-8-17(15)27-3/h4-11H,1-3H3,(H,23,25)(H,24,26). The van der Waals surface area contributed by atoms with Crippen LogP contribution in [0.5, 0.6) is 5.75 Å². The summed E-state index contributed by atoms with van der Waals surface area (Å²) in [6, 6.07) is 11.0. The summed E-state index contributed by atoms with van der Waals surface area (Å²) in [5.74, 6) is 0.667. The Labute approximate surface area is 162 Å². The number of hydrogen-bond acceptors (Lipinski definition) is 5. The molecule has 0 aliphatic rings. The summed E-state index contributed by atoms with van der Waals surface area (Å²) in [7, 11) is 1.52. The second-order valence-electron chi connectivity index (χ2n) is 5.98. The highest BCUT2D eigenvalue weighted by Crippen LogP contribution is 2.28. The molecular weight excluding hydrogens is 364 g/mol. The monoisotopic (exact) mass is 382 g/mol. The number of halogens is 1. The van der Waals surface area contributed by atoms with Gasteiger partial charge in [-0.25, -0.2) is 9.97 Å². The first kappa shape index (κ1) is 18.7. The van der Waals surface area contributed by atoms with Crippen molar-refractivity contribution < 1.29 is 9.53 Å². The molecule has 1 heterocycles. The molecule has 0 spiro atoms. The molecule has 7 heteroatoms. The van der Waals surface area contributed by atoms with Crippen molar-refractivity contribution in [3.63, 3.8) is 0 Å². The van der Waals surface area contributed by atoms with Gasteiger partial charge in [-0.05, 0) is 43.2 Å². The van der Waals surface area contributed by atoms with Crippen molar-refractivity contribution in [2.24, 2.45) is 0 Å². The van der Waals surface area contributed by atoms with Crippen LogP contribution in [0.2, 0.25) is 5.02 Å². The predicted molar refractivity (Wildman–Crippen MR) is 107 cm³/mol. The molecule has 0 aliphatic carbocycles. The van der Waals surface area contributed by atoms with Gasteiger partial charge in [0.1, 0.15) is 17.3 Å². The Kier molecular flexibility index (Phi) is 5.57. The van der Waals surface area contributed by atoms with Gasteiger partial charge < -0.3 is 15.4 Å². The molecule has 0 fully saturated rings. The second kappa shape index (κ2) is 8.05. The van der Waals surface area contributed by atoms with Crippen LogP contribution in [0.4, 0.5) is 17.2 Å². The molecule has 2 N–H and O–H groups in total. The molecule has 1 aromatic heterocycles. The lowest BCUT2D eigenvalue weighted by Gasteiger charge is -2.12. The first-order chi connectivity index (χ1) is 13.0. The molecule has 0 radical (unpaired) electrons. The summed E-state index contributed by atoms with van der Waals surface area (Å²) in [5, 5.41) is 6.46. The van der Waals surface area contributed by atoms with Crippen molar-refractivity contribution in [1.82, 2.24) is 9.97 Å². The summed E-state index contributed by atoms with van der Waals surface area (Å²) in [6.45, 7) is 4.03. The van der Waals surface area contributed by atoms with E-state index in [0.717, 1.165) is 16.8 Å². The Hall–Kier alpha value is -3.12. The molecule has 0 saturated heterocycles. The molecular formula is C20H19ClN4O2. The minimum absolute atomic E-state index is 0.184. The molecule has 2 aromatic carbocycles. The van der Waals surface area contributed by atoms with Crippen molar-refractivity contribution in [2.45, 2.75) is 13.8 Å². The topological polar surface area (TPSA) is 76.1 Å². The minimum atomic E-state index is -0.401. The fourth-order valence-corrected chi connectivity index (χ4v) is 2.79. The van der Waals surface area contributed by atoms with E-state index in [1.807, 2.05) is 32.0 Å². The van der Waals surface area contributed by atoms with Crippen LogP contribution in [0, 0.1) is 13.8 Å². The Morgan fingerprint density at radius 2 is 1.81 bits per heavy atom. The van der Waals surface area contributed by atoms with Gasteiger partial charge in [0.2, 0.25) is 0 Å². The van der Waals surface area contributed by atoms with E-state index in [1.165, 1.54) is 19.5 Å². The number of aryl methyl sites for hydroxylation is 2. The van der Waals surface area contributed by atoms with E-state index in [0.29, 0.717) is 22.3 Å². The Balaban J connectivity index is 1.75. The lowest BCUT2D eigenvalue weighted by atomic mass is 10.1. The third-order valence-corrected chi connectivity index (χ3v) is 4.26. The number of para-hydroxylation sites is 1. The van der Waals surface area contributed by atoms with E-state index in [1.54, 1.807) is 18.2 Å². The Morgan fingerprint density at radius 1 is 1.07 bits per heavy atom. The van der Waals surface area contributed by atoms with Gasteiger partial charge >= 0.3 is 0 Å². The number of nitrogens with one attached hydrogen (secondary N) is 2. The summed E-state index contributed by atoms with van der Waals surface area (Å²) in [6.07, 6.45) is 2.94. The van der Waals surface area contributed by atoms with Gasteiger partial charge in [-0.1, -0.05) is 29.8 Å². The van der Waals surface area contributed by atoms with Gasteiger partial charge in [-0.2, -0.15) is 0 Å². The van der Waals surface area contributed by atoms with Gasteiger partial charge in [-0.15, -0.1) is 0 Å². The molecule has 0 atom stereocenters. The maximum atomic E-state index is 12.4. The van der Waals surface area contributed by atoms with E-state index in [2.05, 4.69) is 20.6 Å². The van der Waals surface area contributed by atoms with Crippen LogP contribution < -0.4 is 15.4 Å². The number of carbonyl (C=O) groups excluding carboxylic acids is 1. The van der Waals surface area contributed by atoms with Crippen LogP contribution in [-0.2, 0) is 0 Å². The van der Waals surface area contributed by atoms with Gasteiger partial charge in [0.05, 0.1) is 25.2 Å².